The molecule has 0 heterocycles. The summed E-state index contributed by atoms with van der Waals surface area (Å²) < 4.78 is 9.15. The highest BCUT2D eigenvalue weighted by Gasteiger charge is 2.23. The van der Waals surface area contributed by atoms with E-state index in [9.17, 15) is 9.59 Å². The molecule has 0 spiro atoms. The highest BCUT2D eigenvalue weighted by Crippen LogP contribution is 2.06. The van der Waals surface area contributed by atoms with Gasteiger partial charge in [0, 0.05) is 13.0 Å². The first-order valence-corrected chi connectivity index (χ1v) is 4.80. The fourth-order valence-electron chi connectivity index (χ4n) is 1.13. The topological polar surface area (TPSA) is 88.4 Å². The van der Waals surface area contributed by atoms with Gasteiger partial charge in [0.15, 0.2) is 0 Å². The molecule has 0 unspecified atom stereocenters. The van der Waals surface area contributed by atoms with Crippen LogP contribution in [0.2, 0.25) is 0 Å². The quantitative estimate of drug-likeness (QED) is 0.638. The van der Waals surface area contributed by atoms with E-state index in [1.165, 1.54) is 14.2 Å². The zero-order valence-corrected chi connectivity index (χ0v) is 9.65. The molecule has 0 saturated carbocycles. The number of hydrogen-bond acceptors (Lipinski definition) is 5. The second kappa shape index (κ2) is 7.65. The number of amides is 1. The molecule has 90 valence electrons. The normalized spacial score (nSPS) is 13.4. The Hall–Kier alpha value is -1.61. The van der Waals surface area contributed by atoms with Crippen molar-refractivity contribution in [2.24, 2.45) is 5.92 Å². The Kier molecular flexibility index (Phi) is 6.88. The van der Waals surface area contributed by atoms with Gasteiger partial charge < -0.3 is 14.8 Å². The number of nitrogens with zero attached hydrogens (tertiary/aromatic N) is 1. The van der Waals surface area contributed by atoms with Crippen molar-refractivity contribution >= 4 is 11.9 Å². The molecule has 1 amide bonds. The molecule has 0 rings (SSSR count). The lowest BCUT2D eigenvalue weighted by atomic mass is 10.0. The zero-order valence-electron chi connectivity index (χ0n) is 9.65. The third kappa shape index (κ3) is 5.32. The molecule has 0 aliphatic carbocycles. The number of carbonyl (C=O) groups is 2. The van der Waals surface area contributed by atoms with Gasteiger partial charge in [0.05, 0.1) is 13.2 Å². The second-order valence-electron chi connectivity index (χ2n) is 3.34. The minimum atomic E-state index is -0.803. The van der Waals surface area contributed by atoms with Crippen LogP contribution in [0.25, 0.3) is 0 Å². The smallest absolute Gasteiger partial charge is 0.328 e. The van der Waals surface area contributed by atoms with Gasteiger partial charge in [0.25, 0.3) is 0 Å². The third-order valence-electron chi connectivity index (χ3n) is 1.91. The van der Waals surface area contributed by atoms with E-state index in [1.807, 2.05) is 6.07 Å². The number of nitrogens with one attached hydrogen (secondary N) is 1. The van der Waals surface area contributed by atoms with Crippen molar-refractivity contribution in [2.75, 3.05) is 20.8 Å². The number of ether oxygens (including phenoxy) is 2. The second-order valence-corrected chi connectivity index (χ2v) is 3.34. The van der Waals surface area contributed by atoms with E-state index in [0.717, 1.165) is 0 Å². The lowest BCUT2D eigenvalue weighted by molar-refractivity contribution is -0.145. The monoisotopic (exact) mass is 228 g/mol. The van der Waals surface area contributed by atoms with E-state index in [1.54, 1.807) is 6.92 Å². The number of esters is 1. The summed E-state index contributed by atoms with van der Waals surface area (Å²) in [6.45, 7) is 1.53. The van der Waals surface area contributed by atoms with Crippen molar-refractivity contribution in [3.8, 4) is 6.07 Å². The van der Waals surface area contributed by atoms with E-state index in [4.69, 9.17) is 5.26 Å². The van der Waals surface area contributed by atoms with Gasteiger partial charge in [0.1, 0.15) is 12.6 Å². The SMILES string of the molecule is COCC(=O)N[C@@H](C[C@@H](C)C#N)C(=O)OC. The molecule has 0 fully saturated rings. The highest BCUT2D eigenvalue weighted by atomic mass is 16.5. The first-order chi connectivity index (χ1) is 7.54. The Morgan fingerprint density at radius 3 is 2.50 bits per heavy atom. The number of rotatable bonds is 6. The van der Waals surface area contributed by atoms with E-state index in [-0.39, 0.29) is 18.9 Å². The Morgan fingerprint density at radius 2 is 2.06 bits per heavy atom. The van der Waals surface area contributed by atoms with Gasteiger partial charge in [-0.2, -0.15) is 5.26 Å². The summed E-state index contributed by atoms with van der Waals surface area (Å²) in [5, 5.41) is 11.1. The summed E-state index contributed by atoms with van der Waals surface area (Å²) in [5.74, 6) is -1.32. The van der Waals surface area contributed by atoms with Crippen molar-refractivity contribution in [1.29, 1.82) is 5.26 Å². The lowest BCUT2D eigenvalue weighted by Crippen LogP contribution is -2.43. The van der Waals surface area contributed by atoms with Gasteiger partial charge in [-0.05, 0) is 13.3 Å². The van der Waals surface area contributed by atoms with Crippen LogP contribution < -0.4 is 5.32 Å². The lowest BCUT2D eigenvalue weighted by Gasteiger charge is -2.16. The average molecular weight is 228 g/mol. The summed E-state index contributed by atoms with van der Waals surface area (Å²) in [4.78, 5) is 22.5. The van der Waals surface area contributed by atoms with Gasteiger partial charge >= 0.3 is 5.97 Å². The largest absolute Gasteiger partial charge is 0.467 e. The van der Waals surface area contributed by atoms with Gasteiger partial charge in [-0.3, -0.25) is 4.79 Å². The van der Waals surface area contributed by atoms with Gasteiger partial charge in [-0.25, -0.2) is 4.79 Å². The van der Waals surface area contributed by atoms with E-state index in [2.05, 4.69) is 14.8 Å². The molecule has 0 aromatic rings. The molecule has 0 aromatic carbocycles. The number of carbonyl (C=O) groups excluding carboxylic acids is 2. The molecular formula is C10H16N2O4. The van der Waals surface area contributed by atoms with Crippen LogP contribution in [0.5, 0.6) is 0 Å². The molecule has 2 atom stereocenters. The fraction of sp³-hybridized carbons (Fsp3) is 0.700. The molecule has 6 nitrogen and oxygen atoms in total. The first kappa shape index (κ1) is 14.4. The van der Waals surface area contributed by atoms with Crippen molar-refractivity contribution in [2.45, 2.75) is 19.4 Å². The maximum absolute atomic E-state index is 11.3. The van der Waals surface area contributed by atoms with Gasteiger partial charge in [-0.1, -0.05) is 0 Å². The van der Waals surface area contributed by atoms with Crippen LogP contribution in [0.1, 0.15) is 13.3 Å². The number of nitriles is 1. The molecule has 16 heavy (non-hydrogen) atoms. The van der Waals surface area contributed by atoms with Crippen LogP contribution in [-0.4, -0.2) is 38.7 Å². The Morgan fingerprint density at radius 1 is 1.44 bits per heavy atom. The molecule has 0 bridgehead atoms. The van der Waals surface area contributed by atoms with Crippen LogP contribution in [-0.2, 0) is 19.1 Å². The molecule has 0 aliphatic rings. The Labute approximate surface area is 94.5 Å². The predicted molar refractivity (Wildman–Crippen MR) is 55.2 cm³/mol. The first-order valence-electron chi connectivity index (χ1n) is 4.80. The van der Waals surface area contributed by atoms with Crippen LogP contribution in [0.3, 0.4) is 0 Å². The number of methoxy groups -OCH3 is 2. The third-order valence-corrected chi connectivity index (χ3v) is 1.91. The fourth-order valence-corrected chi connectivity index (χ4v) is 1.13. The molecule has 1 N–H and O–H groups in total. The van der Waals surface area contributed by atoms with Crippen LogP contribution in [0.15, 0.2) is 0 Å². The molecule has 0 aliphatic heterocycles. The number of hydrogen-bond donors (Lipinski definition) is 1. The minimum Gasteiger partial charge on any atom is -0.467 e. The molecule has 0 radical (unpaired) electrons. The molecule has 0 aromatic heterocycles. The summed E-state index contributed by atoms with van der Waals surface area (Å²) in [6, 6.07) is 1.19. The molecular weight excluding hydrogens is 212 g/mol. The standard InChI is InChI=1S/C10H16N2O4/c1-7(5-11)4-8(10(14)16-3)12-9(13)6-15-2/h7-8H,4,6H2,1-3H3,(H,12,13)/t7-,8+/m1/s1. The van der Waals surface area contributed by atoms with Crippen molar-refractivity contribution < 1.29 is 19.1 Å². The summed E-state index contributed by atoms with van der Waals surface area (Å²) in [5.41, 5.74) is 0. The van der Waals surface area contributed by atoms with Crippen molar-refractivity contribution in [3.63, 3.8) is 0 Å². The van der Waals surface area contributed by atoms with Crippen LogP contribution in [0.4, 0.5) is 0 Å². The average Bonchev–Trinajstić information content (AvgIpc) is 2.27. The van der Waals surface area contributed by atoms with E-state index in [0.29, 0.717) is 0 Å². The van der Waals surface area contributed by atoms with Crippen LogP contribution in [0, 0.1) is 17.2 Å². The van der Waals surface area contributed by atoms with Gasteiger partial charge in [0.2, 0.25) is 5.91 Å². The summed E-state index contributed by atoms with van der Waals surface area (Å²) in [7, 11) is 2.61. The van der Waals surface area contributed by atoms with Crippen molar-refractivity contribution in [1.82, 2.24) is 5.32 Å². The van der Waals surface area contributed by atoms with E-state index < -0.39 is 17.9 Å². The van der Waals surface area contributed by atoms with E-state index >= 15 is 0 Å². The Bertz CT molecular complexity index is 285. The predicted octanol–water partition coefficient (Wildman–Crippen LogP) is -0.160. The molecule has 6 heteroatoms. The summed E-state index contributed by atoms with van der Waals surface area (Å²) in [6.07, 6.45) is 0.221. The highest BCUT2D eigenvalue weighted by molar-refractivity contribution is 5.85. The molecule has 0 saturated heterocycles. The summed E-state index contributed by atoms with van der Waals surface area (Å²) >= 11 is 0. The minimum absolute atomic E-state index is 0.131. The van der Waals surface area contributed by atoms with Crippen molar-refractivity contribution in [3.05, 3.63) is 0 Å². The Balaban J connectivity index is 4.38. The zero-order chi connectivity index (χ0) is 12.6. The maximum atomic E-state index is 11.3. The maximum Gasteiger partial charge on any atom is 0.328 e. The van der Waals surface area contributed by atoms with Crippen LogP contribution >= 0.6 is 0 Å². The van der Waals surface area contributed by atoms with Gasteiger partial charge in [-0.15, -0.1) is 0 Å².